The van der Waals surface area contributed by atoms with Crippen LogP contribution in [-0.4, -0.2) is 60.6 Å². The highest BCUT2D eigenvalue weighted by Gasteiger charge is 2.56. The molecule has 0 unspecified atom stereocenters. The van der Waals surface area contributed by atoms with Crippen LogP contribution in [0.2, 0.25) is 0 Å². The van der Waals surface area contributed by atoms with Crippen LogP contribution < -0.4 is 0 Å². The second kappa shape index (κ2) is 18.1. The molecule has 2 aliphatic rings. The first-order valence-electron chi connectivity index (χ1n) is 19.5. The lowest BCUT2D eigenvalue weighted by molar-refractivity contribution is -0.301. The molecule has 2 heterocycles. The molecule has 5 atom stereocenters. The molecule has 8 nitrogen and oxygen atoms in total. The summed E-state index contributed by atoms with van der Waals surface area (Å²) in [5.41, 5.74) is 4.12. The van der Waals surface area contributed by atoms with E-state index in [0.717, 1.165) is 27.8 Å². The molecule has 8 heteroatoms. The van der Waals surface area contributed by atoms with Gasteiger partial charge in [-0.3, -0.25) is 14.5 Å². The summed E-state index contributed by atoms with van der Waals surface area (Å²) < 4.78 is 34.5. The Morgan fingerprint density at radius 3 is 1.45 bits per heavy atom. The van der Waals surface area contributed by atoms with Crippen molar-refractivity contribution in [1.29, 1.82) is 0 Å². The second-order valence-corrected chi connectivity index (χ2v) is 14.3. The summed E-state index contributed by atoms with van der Waals surface area (Å²) in [7, 11) is 0. The number of imide groups is 1. The van der Waals surface area contributed by atoms with Crippen molar-refractivity contribution in [2.75, 3.05) is 13.2 Å². The van der Waals surface area contributed by atoms with E-state index in [4.69, 9.17) is 23.7 Å². The fraction of sp³-hybridized carbons (Fsp3) is 0.200. The zero-order valence-corrected chi connectivity index (χ0v) is 32.0. The van der Waals surface area contributed by atoms with Crippen LogP contribution in [0, 0.1) is 0 Å². The molecular weight excluding hydrogens is 727 g/mol. The first-order valence-corrected chi connectivity index (χ1v) is 19.5. The van der Waals surface area contributed by atoms with E-state index in [1.807, 2.05) is 115 Å². The van der Waals surface area contributed by atoms with Crippen molar-refractivity contribution in [3.8, 4) is 0 Å². The summed E-state index contributed by atoms with van der Waals surface area (Å²) in [4.78, 5) is 29.8. The highest BCUT2D eigenvalue weighted by Crippen LogP contribution is 2.42. The molecule has 0 spiro atoms. The van der Waals surface area contributed by atoms with E-state index in [9.17, 15) is 9.59 Å². The number of hydrogen-bond acceptors (Lipinski definition) is 7. The molecule has 0 aliphatic carbocycles. The van der Waals surface area contributed by atoms with Crippen LogP contribution in [0.15, 0.2) is 189 Å². The molecule has 0 bridgehead atoms. The number of ether oxygens (including phenoxy) is 5. The second-order valence-electron chi connectivity index (χ2n) is 14.3. The van der Waals surface area contributed by atoms with Gasteiger partial charge in [0.1, 0.15) is 30.0 Å². The molecule has 0 aromatic heterocycles. The number of fused-ring (bicyclic) bond motifs is 1. The lowest BCUT2D eigenvalue weighted by Crippen LogP contribution is -2.67. The molecule has 2 aliphatic heterocycles. The van der Waals surface area contributed by atoms with Crippen LogP contribution in [0.4, 0.5) is 0 Å². The third-order valence-corrected chi connectivity index (χ3v) is 10.7. The first kappa shape index (κ1) is 38.9. The van der Waals surface area contributed by atoms with E-state index in [1.54, 1.807) is 30.3 Å². The Kier molecular flexibility index (Phi) is 12.1. The molecule has 292 valence electrons. The molecule has 6 aromatic rings. The van der Waals surface area contributed by atoms with Crippen molar-refractivity contribution in [2.45, 2.75) is 49.5 Å². The van der Waals surface area contributed by atoms with E-state index in [2.05, 4.69) is 43.0 Å². The van der Waals surface area contributed by atoms with Gasteiger partial charge in [0.2, 0.25) is 0 Å². The van der Waals surface area contributed by atoms with Gasteiger partial charge < -0.3 is 23.7 Å². The number of hydrogen-bond donors (Lipinski definition) is 0. The van der Waals surface area contributed by atoms with Gasteiger partial charge in [-0.1, -0.05) is 170 Å². The molecule has 0 N–H and O–H groups in total. The summed E-state index contributed by atoms with van der Waals surface area (Å²) in [5.74, 6) is -0.912. The predicted molar refractivity (Wildman–Crippen MR) is 221 cm³/mol. The number of amides is 2. The van der Waals surface area contributed by atoms with Gasteiger partial charge in [-0.25, -0.2) is 0 Å². The topological polar surface area (TPSA) is 83.5 Å². The van der Waals surface area contributed by atoms with Gasteiger partial charge in [0.15, 0.2) is 6.29 Å². The Balaban J connectivity index is 1.24. The van der Waals surface area contributed by atoms with Gasteiger partial charge in [-0.15, -0.1) is 6.58 Å². The maximum Gasteiger partial charge on any atom is 0.262 e. The SMILES string of the molecule is C=CCO[C@H]1[C@H](OCc2ccccc2)[C@@H](COC(c2ccccc2)(c2ccccc2)c2ccccc2)O[C@H](OCc2ccccc2)[C@H]1N1C(=O)c2ccccc2C1=O. The van der Waals surface area contributed by atoms with E-state index in [0.29, 0.717) is 11.1 Å². The smallest absolute Gasteiger partial charge is 0.262 e. The largest absolute Gasteiger partial charge is 0.369 e. The Hall–Kier alpha value is -6.00. The zero-order valence-electron chi connectivity index (χ0n) is 32.0. The number of carbonyl (C=O) groups is 2. The van der Waals surface area contributed by atoms with Gasteiger partial charge in [0.05, 0.1) is 37.6 Å². The molecule has 2 amide bonds. The van der Waals surface area contributed by atoms with E-state index >= 15 is 0 Å². The molecule has 0 radical (unpaired) electrons. The summed E-state index contributed by atoms with van der Waals surface area (Å²) in [6, 6.07) is 55.6. The Morgan fingerprint density at radius 1 is 0.552 bits per heavy atom. The highest BCUT2D eigenvalue weighted by molar-refractivity contribution is 6.21. The van der Waals surface area contributed by atoms with Gasteiger partial charge in [0.25, 0.3) is 11.8 Å². The summed E-state index contributed by atoms with van der Waals surface area (Å²) in [5, 5.41) is 0. The lowest BCUT2D eigenvalue weighted by atomic mass is 9.80. The fourth-order valence-corrected chi connectivity index (χ4v) is 7.98. The van der Waals surface area contributed by atoms with Crippen molar-refractivity contribution in [3.63, 3.8) is 0 Å². The molecule has 6 aromatic carbocycles. The first-order chi connectivity index (χ1) is 28.6. The average Bonchev–Trinajstić information content (AvgIpc) is 3.54. The van der Waals surface area contributed by atoms with E-state index in [-0.39, 0.29) is 26.4 Å². The van der Waals surface area contributed by atoms with Crippen LogP contribution in [-0.2, 0) is 42.5 Å². The quantitative estimate of drug-likeness (QED) is 0.0553. The van der Waals surface area contributed by atoms with E-state index in [1.165, 1.54) is 4.90 Å². The van der Waals surface area contributed by atoms with Gasteiger partial charge >= 0.3 is 0 Å². The van der Waals surface area contributed by atoms with Crippen LogP contribution in [0.5, 0.6) is 0 Å². The van der Waals surface area contributed by atoms with Crippen LogP contribution in [0.3, 0.4) is 0 Å². The average molecular weight is 772 g/mol. The third-order valence-electron chi connectivity index (χ3n) is 10.7. The molecule has 58 heavy (non-hydrogen) atoms. The van der Waals surface area contributed by atoms with Crippen LogP contribution in [0.1, 0.15) is 48.5 Å². The summed E-state index contributed by atoms with van der Waals surface area (Å²) in [6.45, 7) is 4.39. The van der Waals surface area contributed by atoms with Gasteiger partial charge in [0, 0.05) is 0 Å². The van der Waals surface area contributed by atoms with Crippen molar-refractivity contribution in [2.24, 2.45) is 0 Å². The van der Waals surface area contributed by atoms with Crippen molar-refractivity contribution in [1.82, 2.24) is 4.90 Å². The number of rotatable bonds is 16. The molecular formula is C50H45NO7. The fourth-order valence-electron chi connectivity index (χ4n) is 7.98. The monoisotopic (exact) mass is 771 g/mol. The van der Waals surface area contributed by atoms with Crippen LogP contribution in [0.25, 0.3) is 0 Å². The molecule has 1 fully saturated rings. The standard InChI is InChI=1S/C50H45NO7/c1-2-32-54-46-44(51-47(52)41-30-18-19-31-42(41)48(51)53)49(56-34-37-22-10-4-11-23-37)58-43(45(46)55-33-36-20-8-3-9-21-36)35-57-50(38-24-12-5-13-25-38,39-26-14-6-15-27-39)40-28-16-7-17-29-40/h2-31,43-46,49H,1,32-35H2/t43-,44+,45-,46-,49+/m1/s1. The highest BCUT2D eigenvalue weighted by atomic mass is 16.7. The summed E-state index contributed by atoms with van der Waals surface area (Å²) >= 11 is 0. The predicted octanol–water partition coefficient (Wildman–Crippen LogP) is 8.76. The Morgan fingerprint density at radius 2 is 0.983 bits per heavy atom. The molecule has 1 saturated heterocycles. The number of carbonyl (C=O) groups excluding carboxylic acids is 2. The maximum atomic E-state index is 14.3. The normalized spacial score (nSPS) is 20.5. The zero-order chi connectivity index (χ0) is 39.7. The number of benzene rings is 6. The maximum absolute atomic E-state index is 14.3. The minimum absolute atomic E-state index is 0.00608. The molecule has 8 rings (SSSR count). The van der Waals surface area contributed by atoms with Gasteiger partial charge in [-0.05, 0) is 39.9 Å². The minimum atomic E-state index is -1.14. The van der Waals surface area contributed by atoms with Crippen molar-refractivity contribution < 1.29 is 33.3 Å². The number of nitrogens with zero attached hydrogens (tertiary/aromatic N) is 1. The van der Waals surface area contributed by atoms with Crippen molar-refractivity contribution >= 4 is 11.8 Å². The third kappa shape index (κ3) is 7.94. The van der Waals surface area contributed by atoms with Crippen LogP contribution >= 0.6 is 0 Å². The van der Waals surface area contributed by atoms with E-state index < -0.39 is 48.1 Å². The van der Waals surface area contributed by atoms with Crippen molar-refractivity contribution in [3.05, 3.63) is 228 Å². The Bertz CT molecular complexity index is 2140. The Labute approximate surface area is 339 Å². The lowest BCUT2D eigenvalue weighted by Gasteiger charge is -2.49. The molecule has 0 saturated carbocycles. The van der Waals surface area contributed by atoms with Gasteiger partial charge in [-0.2, -0.15) is 0 Å². The summed E-state index contributed by atoms with van der Waals surface area (Å²) in [6.07, 6.45) is -2.10. The minimum Gasteiger partial charge on any atom is -0.369 e.